The predicted molar refractivity (Wildman–Crippen MR) is 77.4 cm³/mol. The number of rotatable bonds is 5. The van der Waals surface area contributed by atoms with Crippen molar-refractivity contribution in [1.29, 1.82) is 0 Å². The van der Waals surface area contributed by atoms with E-state index in [-0.39, 0.29) is 10.9 Å². The number of hydrogen-bond donors (Lipinski definition) is 1. The number of thioether (sulfide) groups is 1. The second kappa shape index (κ2) is 6.86. The fourth-order valence-electron chi connectivity index (χ4n) is 1.67. The summed E-state index contributed by atoms with van der Waals surface area (Å²) in [4.78, 5) is 17.9. The van der Waals surface area contributed by atoms with Crippen molar-refractivity contribution >= 4 is 17.7 Å². The highest BCUT2D eigenvalue weighted by molar-refractivity contribution is 7.99. The van der Waals surface area contributed by atoms with Crippen molar-refractivity contribution in [1.82, 2.24) is 9.97 Å². The quantitative estimate of drug-likeness (QED) is 0.662. The Morgan fingerprint density at radius 1 is 1.26 bits per heavy atom. The van der Waals surface area contributed by atoms with Crippen LogP contribution >= 0.6 is 11.8 Å². The molecule has 23 heavy (non-hydrogen) atoms. The Bertz CT molecular complexity index is 705. The van der Waals surface area contributed by atoms with E-state index in [0.29, 0.717) is 23.1 Å². The number of hydrogen-bond acceptors (Lipinski definition) is 5. The number of aromatic nitrogens is 2. The molecule has 2 aromatic rings. The van der Waals surface area contributed by atoms with Gasteiger partial charge < -0.3 is 9.84 Å². The summed E-state index contributed by atoms with van der Waals surface area (Å²) < 4.78 is 43.8. The number of carboxylic acid groups (broad SMARTS) is 1. The van der Waals surface area contributed by atoms with Gasteiger partial charge in [-0.15, -0.1) is 0 Å². The van der Waals surface area contributed by atoms with E-state index in [9.17, 15) is 18.0 Å². The van der Waals surface area contributed by atoms with Crippen LogP contribution in [0.15, 0.2) is 35.5 Å². The molecule has 1 N–H and O–H groups in total. The van der Waals surface area contributed by atoms with Crippen molar-refractivity contribution in [2.24, 2.45) is 0 Å². The summed E-state index contributed by atoms with van der Waals surface area (Å²) in [5.41, 5.74) is -0.620. The number of nitrogens with zero attached hydrogens (tertiary/aromatic N) is 2. The largest absolute Gasteiger partial charge is 0.497 e. The third-order valence-corrected chi connectivity index (χ3v) is 3.54. The Hall–Kier alpha value is -2.29. The first-order valence-electron chi connectivity index (χ1n) is 6.25. The molecule has 1 aromatic heterocycles. The predicted octanol–water partition coefficient (Wildman–Crippen LogP) is 3.35. The molecular weight excluding hydrogens is 333 g/mol. The normalized spacial score (nSPS) is 11.3. The van der Waals surface area contributed by atoms with Gasteiger partial charge in [-0.2, -0.15) is 13.2 Å². The number of ether oxygens (including phenoxy) is 1. The van der Waals surface area contributed by atoms with Gasteiger partial charge in [0.05, 0.1) is 18.6 Å². The number of aliphatic carboxylic acids is 1. The number of carbonyl (C=O) groups is 1. The second-order valence-electron chi connectivity index (χ2n) is 4.33. The van der Waals surface area contributed by atoms with Crippen LogP contribution in [0.1, 0.15) is 5.69 Å². The minimum Gasteiger partial charge on any atom is -0.497 e. The average Bonchev–Trinajstić information content (AvgIpc) is 2.52. The lowest BCUT2D eigenvalue weighted by Crippen LogP contribution is -2.10. The van der Waals surface area contributed by atoms with Crippen molar-refractivity contribution in [2.45, 2.75) is 11.3 Å². The van der Waals surface area contributed by atoms with E-state index >= 15 is 0 Å². The van der Waals surface area contributed by atoms with Crippen LogP contribution in [-0.4, -0.2) is 33.9 Å². The minimum absolute atomic E-state index is 0.0582. The molecule has 0 saturated heterocycles. The highest BCUT2D eigenvalue weighted by atomic mass is 32.2. The molecule has 0 aliphatic rings. The molecule has 0 aliphatic heterocycles. The Morgan fingerprint density at radius 2 is 1.91 bits per heavy atom. The molecule has 0 radical (unpaired) electrons. The molecule has 0 spiro atoms. The van der Waals surface area contributed by atoms with Gasteiger partial charge >= 0.3 is 12.1 Å². The van der Waals surface area contributed by atoms with Crippen LogP contribution in [0.25, 0.3) is 11.3 Å². The fourth-order valence-corrected chi connectivity index (χ4v) is 2.25. The number of carboxylic acids is 1. The van der Waals surface area contributed by atoms with Gasteiger partial charge in [0.2, 0.25) is 0 Å². The number of alkyl halides is 3. The Balaban J connectivity index is 2.43. The summed E-state index contributed by atoms with van der Waals surface area (Å²) in [5.74, 6) is -1.04. The lowest BCUT2D eigenvalue weighted by Gasteiger charge is -2.10. The highest BCUT2D eigenvalue weighted by Gasteiger charge is 2.33. The highest BCUT2D eigenvalue weighted by Crippen LogP contribution is 2.32. The molecule has 5 nitrogen and oxygen atoms in total. The monoisotopic (exact) mass is 344 g/mol. The van der Waals surface area contributed by atoms with Gasteiger partial charge in [-0.05, 0) is 30.3 Å². The van der Waals surface area contributed by atoms with Crippen LogP contribution < -0.4 is 4.74 Å². The second-order valence-corrected chi connectivity index (χ2v) is 5.27. The van der Waals surface area contributed by atoms with Crippen LogP contribution in [0.3, 0.4) is 0 Å². The third-order valence-electron chi connectivity index (χ3n) is 2.71. The summed E-state index contributed by atoms with van der Waals surface area (Å²) in [7, 11) is 1.47. The molecule has 0 atom stereocenters. The van der Waals surface area contributed by atoms with E-state index < -0.39 is 23.6 Å². The standard InChI is InChI=1S/C14H11F3N2O3S/c1-22-9-4-2-8(3-5-9)10-6-11(14(15,16)17)19-13(18-10)23-7-12(20)21/h2-6H,7H2,1H3,(H,20,21). The molecule has 1 aromatic carbocycles. The molecule has 0 aliphatic carbocycles. The molecule has 122 valence electrons. The summed E-state index contributed by atoms with van der Waals surface area (Å²) in [5, 5.41) is 8.39. The Morgan fingerprint density at radius 3 is 2.43 bits per heavy atom. The number of benzene rings is 1. The maximum absolute atomic E-state index is 12.9. The maximum Gasteiger partial charge on any atom is 0.433 e. The van der Waals surface area contributed by atoms with Gasteiger partial charge in [0.25, 0.3) is 0 Å². The van der Waals surface area contributed by atoms with Gasteiger partial charge in [0.1, 0.15) is 11.4 Å². The van der Waals surface area contributed by atoms with E-state index in [1.54, 1.807) is 24.3 Å². The molecule has 0 bridgehead atoms. The molecule has 0 saturated carbocycles. The zero-order chi connectivity index (χ0) is 17.0. The average molecular weight is 344 g/mol. The van der Waals surface area contributed by atoms with Crippen molar-refractivity contribution < 1.29 is 27.8 Å². The van der Waals surface area contributed by atoms with Crippen LogP contribution in [0.5, 0.6) is 5.75 Å². The fraction of sp³-hybridized carbons (Fsp3) is 0.214. The summed E-state index contributed by atoms with van der Waals surface area (Å²) in [6, 6.07) is 7.14. The first-order chi connectivity index (χ1) is 10.8. The topological polar surface area (TPSA) is 72.3 Å². The van der Waals surface area contributed by atoms with Gasteiger partial charge in [-0.1, -0.05) is 11.8 Å². The van der Waals surface area contributed by atoms with Crippen LogP contribution in [-0.2, 0) is 11.0 Å². The van der Waals surface area contributed by atoms with E-state index in [0.717, 1.165) is 6.07 Å². The molecule has 1 heterocycles. The van der Waals surface area contributed by atoms with Crippen LogP contribution in [0.4, 0.5) is 13.2 Å². The number of methoxy groups -OCH3 is 1. The van der Waals surface area contributed by atoms with Crippen molar-refractivity contribution in [3.8, 4) is 17.0 Å². The smallest absolute Gasteiger partial charge is 0.433 e. The first-order valence-corrected chi connectivity index (χ1v) is 7.23. The zero-order valence-corrected chi connectivity index (χ0v) is 12.6. The SMILES string of the molecule is COc1ccc(-c2cc(C(F)(F)F)nc(SCC(=O)O)n2)cc1. The third kappa shape index (κ3) is 4.59. The van der Waals surface area contributed by atoms with Crippen molar-refractivity contribution in [3.05, 3.63) is 36.0 Å². The van der Waals surface area contributed by atoms with E-state index in [1.165, 1.54) is 7.11 Å². The van der Waals surface area contributed by atoms with Crippen LogP contribution in [0.2, 0.25) is 0 Å². The van der Waals surface area contributed by atoms with Gasteiger partial charge in [-0.25, -0.2) is 9.97 Å². The molecule has 0 unspecified atom stereocenters. The molecule has 0 amide bonds. The molecule has 9 heteroatoms. The number of halogens is 3. The van der Waals surface area contributed by atoms with Gasteiger partial charge in [0, 0.05) is 5.56 Å². The molecule has 2 rings (SSSR count). The van der Waals surface area contributed by atoms with Gasteiger partial charge in [-0.3, -0.25) is 4.79 Å². The zero-order valence-electron chi connectivity index (χ0n) is 11.8. The van der Waals surface area contributed by atoms with E-state index in [1.807, 2.05) is 0 Å². The molecular formula is C14H11F3N2O3S. The summed E-state index contributed by atoms with van der Waals surface area (Å²) in [6.07, 6.45) is -4.65. The van der Waals surface area contributed by atoms with Crippen molar-refractivity contribution in [2.75, 3.05) is 12.9 Å². The first kappa shape index (κ1) is 17.1. The van der Waals surface area contributed by atoms with E-state index in [4.69, 9.17) is 9.84 Å². The summed E-state index contributed by atoms with van der Waals surface area (Å²) in [6.45, 7) is 0. The lowest BCUT2D eigenvalue weighted by molar-refractivity contribution is -0.141. The van der Waals surface area contributed by atoms with Crippen molar-refractivity contribution in [3.63, 3.8) is 0 Å². The van der Waals surface area contributed by atoms with Gasteiger partial charge in [0.15, 0.2) is 5.16 Å². The lowest BCUT2D eigenvalue weighted by atomic mass is 10.1. The maximum atomic E-state index is 12.9. The van der Waals surface area contributed by atoms with Crippen LogP contribution in [0, 0.1) is 0 Å². The minimum atomic E-state index is -4.65. The van der Waals surface area contributed by atoms with E-state index in [2.05, 4.69) is 9.97 Å². The Kier molecular flexibility index (Phi) is 5.09. The summed E-state index contributed by atoms with van der Waals surface area (Å²) >= 11 is 0.629. The Labute approximate surface area is 133 Å². The molecule has 0 fully saturated rings.